The molecule has 0 bridgehead atoms. The molecule has 0 N–H and O–H groups in total. The Hall–Kier alpha value is -3.27. The third-order valence-corrected chi connectivity index (χ3v) is 4.12. The molecule has 0 aliphatic carbocycles. The minimum absolute atomic E-state index is 0.0850. The van der Waals surface area contributed by atoms with Crippen molar-refractivity contribution in [3.63, 3.8) is 0 Å². The molecule has 0 spiro atoms. The Kier molecular flexibility index (Phi) is 3.63. The van der Waals surface area contributed by atoms with E-state index < -0.39 is 0 Å². The molecule has 1 unspecified atom stereocenters. The van der Waals surface area contributed by atoms with Crippen LogP contribution in [0.15, 0.2) is 47.5 Å². The average molecular weight is 318 g/mol. The van der Waals surface area contributed by atoms with Crippen LogP contribution in [-0.4, -0.2) is 31.6 Å². The molecule has 7 heteroatoms. The Bertz CT molecular complexity index is 885. The van der Waals surface area contributed by atoms with Gasteiger partial charge in [0, 0.05) is 30.1 Å². The molecule has 3 aromatic rings. The molecule has 4 rings (SSSR count). The van der Waals surface area contributed by atoms with Crippen LogP contribution in [0.3, 0.4) is 0 Å². The first-order chi connectivity index (χ1) is 11.8. The van der Waals surface area contributed by atoms with Gasteiger partial charge in [0.05, 0.1) is 0 Å². The number of hydrogen-bond donors (Lipinski definition) is 0. The molecule has 0 amide bonds. The Morgan fingerprint density at radius 2 is 2.00 bits per heavy atom. The summed E-state index contributed by atoms with van der Waals surface area (Å²) in [5, 5.41) is 13.2. The molecule has 24 heavy (non-hydrogen) atoms. The second-order valence-corrected chi connectivity index (χ2v) is 5.62. The third-order valence-electron chi connectivity index (χ3n) is 4.12. The molecular weight excluding hydrogens is 304 g/mol. The Morgan fingerprint density at radius 1 is 1.17 bits per heavy atom. The first-order valence-electron chi connectivity index (χ1n) is 7.71. The lowest BCUT2D eigenvalue weighted by atomic mass is 10.1. The number of benzene rings is 1. The van der Waals surface area contributed by atoms with Gasteiger partial charge in [-0.1, -0.05) is 17.3 Å². The van der Waals surface area contributed by atoms with Gasteiger partial charge in [0.25, 0.3) is 5.89 Å². The molecule has 1 fully saturated rings. The zero-order valence-electron chi connectivity index (χ0n) is 12.8. The smallest absolute Gasteiger partial charge is 0.258 e. The fourth-order valence-electron chi connectivity index (χ4n) is 2.92. The van der Waals surface area contributed by atoms with Crippen molar-refractivity contribution in [3.8, 4) is 28.8 Å². The molecular formula is C17H14N6O. The van der Waals surface area contributed by atoms with Crippen LogP contribution in [0.1, 0.15) is 24.7 Å². The summed E-state index contributed by atoms with van der Waals surface area (Å²) < 4.78 is 5.42. The maximum absolute atomic E-state index is 9.16. The molecule has 1 aliphatic heterocycles. The van der Waals surface area contributed by atoms with Gasteiger partial charge < -0.3 is 4.52 Å². The number of nitrogens with zero attached hydrogens (tertiary/aromatic N) is 6. The summed E-state index contributed by atoms with van der Waals surface area (Å²) in [5.74, 6) is 1.02. The van der Waals surface area contributed by atoms with Crippen LogP contribution in [0.4, 0.5) is 0 Å². The van der Waals surface area contributed by atoms with E-state index in [1.54, 1.807) is 17.3 Å². The van der Waals surface area contributed by atoms with Gasteiger partial charge in [0.2, 0.25) is 0 Å². The van der Waals surface area contributed by atoms with E-state index in [9.17, 15) is 0 Å². The molecule has 1 atom stereocenters. The van der Waals surface area contributed by atoms with Crippen molar-refractivity contribution >= 4 is 0 Å². The van der Waals surface area contributed by atoms with E-state index in [1.165, 1.54) is 6.33 Å². The fourth-order valence-corrected chi connectivity index (χ4v) is 2.92. The highest BCUT2D eigenvalue weighted by molar-refractivity contribution is 5.68. The molecule has 3 heterocycles. The van der Waals surface area contributed by atoms with E-state index in [1.807, 2.05) is 24.3 Å². The maximum atomic E-state index is 9.16. The monoisotopic (exact) mass is 318 g/mol. The van der Waals surface area contributed by atoms with Crippen LogP contribution in [0, 0.1) is 11.5 Å². The van der Waals surface area contributed by atoms with Crippen molar-refractivity contribution in [2.45, 2.75) is 18.9 Å². The van der Waals surface area contributed by atoms with Gasteiger partial charge in [0.15, 0.2) is 12.0 Å². The van der Waals surface area contributed by atoms with Crippen LogP contribution in [-0.2, 0) is 0 Å². The van der Waals surface area contributed by atoms with Gasteiger partial charge >= 0.3 is 0 Å². The predicted molar refractivity (Wildman–Crippen MR) is 85.1 cm³/mol. The maximum Gasteiger partial charge on any atom is 0.258 e. The Labute approximate surface area is 138 Å². The lowest BCUT2D eigenvalue weighted by Gasteiger charge is -2.13. The molecule has 1 aromatic carbocycles. The summed E-state index contributed by atoms with van der Waals surface area (Å²) in [6.07, 6.45) is 9.04. The van der Waals surface area contributed by atoms with Gasteiger partial charge in [-0.15, -0.1) is 0 Å². The zero-order chi connectivity index (χ0) is 16.4. The summed E-state index contributed by atoms with van der Waals surface area (Å²) in [6, 6.07) is 7.71. The lowest BCUT2D eigenvalue weighted by Crippen LogP contribution is -2.17. The van der Waals surface area contributed by atoms with Gasteiger partial charge in [-0.05, 0) is 30.5 Å². The highest BCUT2D eigenvalue weighted by Crippen LogP contribution is 2.31. The summed E-state index contributed by atoms with van der Waals surface area (Å²) in [7, 11) is 0. The van der Waals surface area contributed by atoms with Gasteiger partial charge in [-0.2, -0.15) is 10.2 Å². The van der Waals surface area contributed by atoms with Crippen molar-refractivity contribution in [2.24, 2.45) is 0 Å². The summed E-state index contributed by atoms with van der Waals surface area (Å²) >= 11 is 0. The second-order valence-electron chi connectivity index (χ2n) is 5.62. The van der Waals surface area contributed by atoms with Crippen LogP contribution in [0.2, 0.25) is 0 Å². The standard InChI is InChI=1S/C17H14N6O/c18-10-23-6-2-5-15(23)16-21-17(24-22-16)13-4-1-3-12(7-13)14-8-19-11-20-9-14/h1,3-4,7-9,11,15H,2,5-6H2. The van der Waals surface area contributed by atoms with E-state index in [4.69, 9.17) is 9.78 Å². The van der Waals surface area contributed by atoms with Crippen molar-refractivity contribution in [2.75, 3.05) is 6.54 Å². The van der Waals surface area contributed by atoms with Crippen molar-refractivity contribution in [3.05, 3.63) is 48.8 Å². The Morgan fingerprint density at radius 3 is 2.83 bits per heavy atom. The fraction of sp³-hybridized carbons (Fsp3) is 0.235. The zero-order valence-corrected chi connectivity index (χ0v) is 12.8. The third kappa shape index (κ3) is 2.58. The van der Waals surface area contributed by atoms with Gasteiger partial charge in [0.1, 0.15) is 12.4 Å². The van der Waals surface area contributed by atoms with E-state index in [0.29, 0.717) is 11.7 Å². The molecule has 118 valence electrons. The van der Waals surface area contributed by atoms with Crippen molar-refractivity contribution in [1.29, 1.82) is 5.26 Å². The van der Waals surface area contributed by atoms with Crippen LogP contribution >= 0.6 is 0 Å². The average Bonchev–Trinajstić information content (AvgIpc) is 3.31. The van der Waals surface area contributed by atoms with Crippen LogP contribution in [0.25, 0.3) is 22.6 Å². The number of hydrogen-bond acceptors (Lipinski definition) is 7. The first-order valence-corrected chi connectivity index (χ1v) is 7.71. The first kappa shape index (κ1) is 14.3. The van der Waals surface area contributed by atoms with Crippen molar-refractivity contribution in [1.82, 2.24) is 25.0 Å². The highest BCUT2D eigenvalue weighted by Gasteiger charge is 2.29. The summed E-state index contributed by atoms with van der Waals surface area (Å²) in [4.78, 5) is 14.3. The van der Waals surface area contributed by atoms with Crippen LogP contribution in [0.5, 0.6) is 0 Å². The molecule has 1 aliphatic rings. The number of rotatable bonds is 3. The van der Waals surface area contributed by atoms with E-state index in [-0.39, 0.29) is 6.04 Å². The van der Waals surface area contributed by atoms with Crippen LogP contribution < -0.4 is 0 Å². The van der Waals surface area contributed by atoms with Gasteiger partial charge in [-0.25, -0.2) is 9.97 Å². The SMILES string of the molecule is N#CN1CCCC1c1noc(-c2cccc(-c3cncnc3)c2)n1. The van der Waals surface area contributed by atoms with E-state index >= 15 is 0 Å². The molecule has 1 saturated heterocycles. The largest absolute Gasteiger partial charge is 0.334 e. The number of aromatic nitrogens is 4. The Balaban J connectivity index is 1.65. The van der Waals surface area contributed by atoms with Gasteiger partial charge in [-0.3, -0.25) is 4.90 Å². The topological polar surface area (TPSA) is 91.7 Å². The normalized spacial score (nSPS) is 17.0. The van der Waals surface area contributed by atoms with E-state index in [2.05, 4.69) is 26.3 Å². The second kappa shape index (κ2) is 6.08. The minimum Gasteiger partial charge on any atom is -0.334 e. The predicted octanol–water partition coefficient (Wildman–Crippen LogP) is 2.81. The highest BCUT2D eigenvalue weighted by atomic mass is 16.5. The summed E-state index contributed by atoms with van der Waals surface area (Å²) in [5.41, 5.74) is 2.73. The molecule has 7 nitrogen and oxygen atoms in total. The van der Waals surface area contributed by atoms with E-state index in [0.717, 1.165) is 36.1 Å². The summed E-state index contributed by atoms with van der Waals surface area (Å²) in [6.45, 7) is 0.745. The quantitative estimate of drug-likeness (QED) is 0.686. The van der Waals surface area contributed by atoms with Crippen molar-refractivity contribution < 1.29 is 4.52 Å². The number of nitriles is 1. The number of likely N-dealkylation sites (tertiary alicyclic amines) is 1. The molecule has 0 saturated carbocycles. The lowest BCUT2D eigenvalue weighted by molar-refractivity contribution is 0.339. The molecule has 2 aromatic heterocycles. The molecule has 0 radical (unpaired) electrons. The minimum atomic E-state index is -0.0850.